The lowest BCUT2D eigenvalue weighted by atomic mass is 9.99. The number of unbranched alkanes of at least 4 members (excludes halogenated alkanes) is 2. The van der Waals surface area contributed by atoms with E-state index in [0.717, 1.165) is 35.2 Å². The molecular formula is C45H60N8O5. The van der Waals surface area contributed by atoms with Crippen LogP contribution in [0.25, 0.3) is 11.3 Å². The van der Waals surface area contributed by atoms with Gasteiger partial charge in [0.15, 0.2) is 0 Å². The van der Waals surface area contributed by atoms with Gasteiger partial charge in [0.25, 0.3) is 0 Å². The molecule has 1 aliphatic rings. The summed E-state index contributed by atoms with van der Waals surface area (Å²) in [4.78, 5) is 73.4. The number of likely N-dealkylation sites (tertiary alicyclic amines) is 1. The number of rotatable bonds is 20. The number of nitrogens with one attached hydrogen (secondary N) is 4. The molecule has 4 atom stereocenters. The Kier molecular flexibility index (Phi) is 16.4. The lowest BCUT2D eigenvalue weighted by molar-refractivity contribution is -0.139. The highest BCUT2D eigenvalue weighted by Crippen LogP contribution is 2.25. The number of hydrogen-bond acceptors (Lipinski definition) is 7. The lowest BCUT2D eigenvalue weighted by Crippen LogP contribution is -2.59. The normalized spacial score (nSPS) is 15.3. The van der Waals surface area contributed by atoms with E-state index < -0.39 is 41.9 Å². The third-order valence-electron chi connectivity index (χ3n) is 10.7. The first-order valence-electron chi connectivity index (χ1n) is 20.6. The second-order valence-electron chi connectivity index (χ2n) is 15.7. The number of aromatic amines is 1. The number of benzene rings is 3. The summed E-state index contributed by atoms with van der Waals surface area (Å²) in [5, 5.41) is 8.78. The average molecular weight is 793 g/mol. The standard InChI is InChI=1S/C45H60N8O5/c1-31(2)27-38(50-43(56)39(29-33-17-9-4-10-18-33)49-41(54)36(47)28-32-15-7-3-8-16-32)42(55)48-37(21-13-6-14-24-46)44(57)52-25-22-35(23-26-52)53-30-40(51-45(53)58)34-19-11-5-12-20-34/h3-5,7-12,15-20,30-31,35-39H,6,13-14,21-29,46-47H2,1-2H3,(H,48,55)(H,49,54)(H,50,56)(H,51,58)/t36-,37-,38-,39-/m1/s1. The fraction of sp³-hybridized carbons (Fsp3) is 0.444. The second-order valence-corrected chi connectivity index (χ2v) is 15.7. The van der Waals surface area contributed by atoms with Crippen LogP contribution < -0.4 is 33.1 Å². The summed E-state index contributed by atoms with van der Waals surface area (Å²) in [6, 6.07) is 24.7. The van der Waals surface area contributed by atoms with Crippen molar-refractivity contribution in [3.8, 4) is 11.3 Å². The van der Waals surface area contributed by atoms with Crippen molar-refractivity contribution in [2.45, 2.75) is 102 Å². The number of carbonyl (C=O) groups is 4. The largest absolute Gasteiger partial charge is 0.343 e. The fourth-order valence-electron chi connectivity index (χ4n) is 7.50. The number of carbonyl (C=O) groups excluding carboxylic acids is 4. The molecule has 5 rings (SSSR count). The molecule has 0 saturated carbocycles. The van der Waals surface area contributed by atoms with Gasteiger partial charge in [0.2, 0.25) is 23.6 Å². The summed E-state index contributed by atoms with van der Waals surface area (Å²) >= 11 is 0. The van der Waals surface area contributed by atoms with E-state index >= 15 is 0 Å². The number of nitrogens with two attached hydrogens (primary N) is 2. The van der Waals surface area contributed by atoms with E-state index in [2.05, 4.69) is 20.9 Å². The molecule has 310 valence electrons. The van der Waals surface area contributed by atoms with Crippen LogP contribution in [0.1, 0.15) is 76.0 Å². The van der Waals surface area contributed by atoms with Gasteiger partial charge in [0.1, 0.15) is 18.1 Å². The highest BCUT2D eigenvalue weighted by Gasteiger charge is 2.34. The smallest absolute Gasteiger partial charge is 0.326 e. The monoisotopic (exact) mass is 792 g/mol. The van der Waals surface area contributed by atoms with Crippen LogP contribution in [0.4, 0.5) is 0 Å². The van der Waals surface area contributed by atoms with Crippen molar-refractivity contribution >= 4 is 23.6 Å². The molecule has 1 aliphatic heterocycles. The van der Waals surface area contributed by atoms with E-state index in [1.165, 1.54) is 0 Å². The van der Waals surface area contributed by atoms with Gasteiger partial charge in [-0.15, -0.1) is 0 Å². The first-order valence-corrected chi connectivity index (χ1v) is 20.6. The molecule has 3 aromatic carbocycles. The molecule has 1 fully saturated rings. The van der Waals surface area contributed by atoms with Gasteiger partial charge < -0.3 is 37.3 Å². The van der Waals surface area contributed by atoms with Gasteiger partial charge in [-0.3, -0.25) is 23.7 Å². The van der Waals surface area contributed by atoms with Gasteiger partial charge in [-0.05, 0) is 67.7 Å². The molecule has 0 radical (unpaired) electrons. The first kappa shape index (κ1) is 43.6. The maximum absolute atomic E-state index is 14.2. The van der Waals surface area contributed by atoms with Gasteiger partial charge in [0, 0.05) is 31.7 Å². The van der Waals surface area contributed by atoms with Crippen molar-refractivity contribution in [2.24, 2.45) is 17.4 Å². The summed E-state index contributed by atoms with van der Waals surface area (Å²) in [5.74, 6) is -1.63. The van der Waals surface area contributed by atoms with Gasteiger partial charge in [-0.1, -0.05) is 118 Å². The van der Waals surface area contributed by atoms with Crippen LogP contribution in [-0.2, 0) is 32.0 Å². The molecule has 4 aromatic rings. The zero-order valence-electron chi connectivity index (χ0n) is 33.8. The quantitative estimate of drug-likeness (QED) is 0.0731. The molecule has 0 unspecified atom stereocenters. The molecule has 58 heavy (non-hydrogen) atoms. The highest BCUT2D eigenvalue weighted by atomic mass is 16.2. The van der Waals surface area contributed by atoms with Crippen LogP contribution in [0.5, 0.6) is 0 Å². The molecule has 0 bridgehead atoms. The van der Waals surface area contributed by atoms with Crippen molar-refractivity contribution in [3.63, 3.8) is 0 Å². The summed E-state index contributed by atoms with van der Waals surface area (Å²) in [6.45, 7) is 5.29. The molecular weight excluding hydrogens is 733 g/mol. The Bertz CT molecular complexity index is 1960. The summed E-state index contributed by atoms with van der Waals surface area (Å²) in [5.41, 5.74) is 15.3. The minimum atomic E-state index is -1.01. The van der Waals surface area contributed by atoms with Crippen LogP contribution in [0, 0.1) is 5.92 Å². The maximum Gasteiger partial charge on any atom is 0.326 e. The van der Waals surface area contributed by atoms with Crippen molar-refractivity contribution < 1.29 is 19.2 Å². The van der Waals surface area contributed by atoms with Gasteiger partial charge in [-0.25, -0.2) is 4.79 Å². The Morgan fingerprint density at radius 1 is 0.724 bits per heavy atom. The van der Waals surface area contributed by atoms with Gasteiger partial charge in [0.05, 0.1) is 11.7 Å². The van der Waals surface area contributed by atoms with Crippen molar-refractivity contribution in [3.05, 3.63) is 119 Å². The SMILES string of the molecule is CC(C)C[C@@H](NC(=O)[C@@H](Cc1ccccc1)NC(=O)[C@H](N)Cc1ccccc1)C(=O)N[C@H](CCCCCN)C(=O)N1CCC(n2cc(-c3ccccc3)[nH]c2=O)CC1. The van der Waals surface area contributed by atoms with E-state index in [1.807, 2.05) is 111 Å². The minimum Gasteiger partial charge on any atom is -0.343 e. The lowest BCUT2D eigenvalue weighted by Gasteiger charge is -2.35. The zero-order valence-corrected chi connectivity index (χ0v) is 33.8. The summed E-state index contributed by atoms with van der Waals surface area (Å²) < 4.78 is 1.72. The second kappa shape index (κ2) is 21.8. The maximum atomic E-state index is 14.2. The third kappa shape index (κ3) is 12.7. The number of nitrogens with zero attached hydrogens (tertiary/aromatic N) is 2. The topological polar surface area (TPSA) is 197 Å². The Labute approximate surface area is 341 Å². The van der Waals surface area contributed by atoms with Crippen molar-refractivity contribution in [2.75, 3.05) is 19.6 Å². The average Bonchev–Trinajstić information content (AvgIpc) is 3.63. The number of amides is 4. The molecule has 1 aromatic heterocycles. The predicted molar refractivity (Wildman–Crippen MR) is 226 cm³/mol. The van der Waals surface area contributed by atoms with Gasteiger partial charge >= 0.3 is 5.69 Å². The van der Waals surface area contributed by atoms with E-state index in [0.29, 0.717) is 58.2 Å². The third-order valence-corrected chi connectivity index (χ3v) is 10.7. The molecule has 13 heteroatoms. The van der Waals surface area contributed by atoms with Crippen LogP contribution in [0.15, 0.2) is 102 Å². The number of aromatic nitrogens is 2. The minimum absolute atomic E-state index is 0.0227. The zero-order chi connectivity index (χ0) is 41.4. The Hall–Kier alpha value is -5.53. The van der Waals surface area contributed by atoms with Crippen LogP contribution in [0.2, 0.25) is 0 Å². The first-order chi connectivity index (χ1) is 28.0. The summed E-state index contributed by atoms with van der Waals surface area (Å²) in [7, 11) is 0. The highest BCUT2D eigenvalue weighted by molar-refractivity contribution is 5.95. The fourth-order valence-corrected chi connectivity index (χ4v) is 7.50. The molecule has 13 nitrogen and oxygen atoms in total. The molecule has 4 amide bonds. The molecule has 8 N–H and O–H groups in total. The van der Waals surface area contributed by atoms with Crippen LogP contribution in [0.3, 0.4) is 0 Å². The van der Waals surface area contributed by atoms with E-state index in [9.17, 15) is 24.0 Å². The number of imidazole rings is 1. The van der Waals surface area contributed by atoms with Crippen molar-refractivity contribution in [1.29, 1.82) is 0 Å². The van der Waals surface area contributed by atoms with Crippen molar-refractivity contribution in [1.82, 2.24) is 30.4 Å². The predicted octanol–water partition coefficient (Wildman–Crippen LogP) is 3.84. The Morgan fingerprint density at radius 3 is 1.88 bits per heavy atom. The van der Waals surface area contributed by atoms with E-state index in [1.54, 1.807) is 9.47 Å². The summed E-state index contributed by atoms with van der Waals surface area (Å²) in [6.07, 6.45) is 6.51. The number of hydrogen-bond donors (Lipinski definition) is 6. The molecule has 1 saturated heterocycles. The van der Waals surface area contributed by atoms with E-state index in [4.69, 9.17) is 11.5 Å². The molecule has 2 heterocycles. The Balaban J connectivity index is 1.27. The Morgan fingerprint density at radius 2 is 1.28 bits per heavy atom. The molecule has 0 aliphatic carbocycles. The van der Waals surface area contributed by atoms with Gasteiger partial charge in [-0.2, -0.15) is 0 Å². The number of piperidine rings is 1. The van der Waals surface area contributed by atoms with E-state index in [-0.39, 0.29) is 30.0 Å². The van der Waals surface area contributed by atoms with Crippen LogP contribution in [-0.4, -0.2) is 81.9 Å². The van der Waals surface area contributed by atoms with Crippen LogP contribution >= 0.6 is 0 Å². The number of H-pyrrole nitrogens is 1. The molecule has 0 spiro atoms.